The lowest BCUT2D eigenvalue weighted by atomic mass is 10.1. The van der Waals surface area contributed by atoms with Gasteiger partial charge in [0.25, 0.3) is 5.91 Å². The van der Waals surface area contributed by atoms with Crippen molar-refractivity contribution < 1.29 is 18.4 Å². The first kappa shape index (κ1) is 17.1. The Labute approximate surface area is 140 Å². The summed E-state index contributed by atoms with van der Waals surface area (Å²) in [5, 5.41) is 0. The highest BCUT2D eigenvalue weighted by atomic mass is 79.9. The van der Waals surface area contributed by atoms with Gasteiger partial charge < -0.3 is 10.6 Å². The highest BCUT2D eigenvalue weighted by Crippen LogP contribution is 2.23. The number of benzene rings is 2. The lowest BCUT2D eigenvalue weighted by Crippen LogP contribution is -2.34. The fourth-order valence-electron chi connectivity index (χ4n) is 2.00. The molecule has 0 aromatic heterocycles. The van der Waals surface area contributed by atoms with Gasteiger partial charge in [0, 0.05) is 23.1 Å². The Morgan fingerprint density at radius 1 is 1.04 bits per heavy atom. The summed E-state index contributed by atoms with van der Waals surface area (Å²) in [6, 6.07) is 8.93. The minimum absolute atomic E-state index is 0.0314. The summed E-state index contributed by atoms with van der Waals surface area (Å²) in [6.45, 7) is 0.0314. The number of carbonyl (C=O) groups is 2. The van der Waals surface area contributed by atoms with Gasteiger partial charge in [0.05, 0.1) is 5.56 Å². The number of nitrogens with two attached hydrogens (primary N) is 1. The van der Waals surface area contributed by atoms with Crippen LogP contribution in [0.15, 0.2) is 46.9 Å². The van der Waals surface area contributed by atoms with E-state index in [9.17, 15) is 18.4 Å². The first-order chi connectivity index (χ1) is 10.9. The van der Waals surface area contributed by atoms with Crippen LogP contribution in [0.5, 0.6) is 0 Å². The first-order valence-electron chi connectivity index (χ1n) is 6.69. The van der Waals surface area contributed by atoms with Crippen LogP contribution in [0.4, 0.5) is 14.5 Å². The van der Waals surface area contributed by atoms with Gasteiger partial charge >= 0.3 is 0 Å². The molecule has 0 spiro atoms. The van der Waals surface area contributed by atoms with Gasteiger partial charge in [-0.25, -0.2) is 8.78 Å². The summed E-state index contributed by atoms with van der Waals surface area (Å²) in [5.74, 6) is -1.95. The topological polar surface area (TPSA) is 63.4 Å². The van der Waals surface area contributed by atoms with Gasteiger partial charge in [-0.2, -0.15) is 0 Å². The van der Waals surface area contributed by atoms with Crippen molar-refractivity contribution in [3.63, 3.8) is 0 Å². The number of anilines is 1. The molecular weight excluding hydrogens is 370 g/mol. The summed E-state index contributed by atoms with van der Waals surface area (Å²) in [7, 11) is 0. The summed E-state index contributed by atoms with van der Waals surface area (Å²) in [5.41, 5.74) is 5.77. The molecule has 0 saturated heterocycles. The van der Waals surface area contributed by atoms with Crippen LogP contribution >= 0.6 is 15.9 Å². The number of rotatable bonds is 5. The Balaban J connectivity index is 2.37. The van der Waals surface area contributed by atoms with Crippen LogP contribution in [0.2, 0.25) is 0 Å². The Hall–Kier alpha value is -2.28. The van der Waals surface area contributed by atoms with Crippen molar-refractivity contribution in [2.75, 3.05) is 11.4 Å². The van der Waals surface area contributed by atoms with E-state index < -0.39 is 23.4 Å². The zero-order chi connectivity index (χ0) is 17.0. The van der Waals surface area contributed by atoms with Crippen molar-refractivity contribution in [3.8, 4) is 0 Å². The molecule has 0 fully saturated rings. The van der Waals surface area contributed by atoms with E-state index in [1.54, 1.807) is 0 Å². The maximum Gasteiger partial charge on any atom is 0.259 e. The van der Waals surface area contributed by atoms with E-state index in [4.69, 9.17) is 5.73 Å². The van der Waals surface area contributed by atoms with E-state index in [2.05, 4.69) is 15.9 Å². The van der Waals surface area contributed by atoms with Gasteiger partial charge in [0.1, 0.15) is 11.6 Å². The lowest BCUT2D eigenvalue weighted by molar-refractivity contribution is -0.117. The molecule has 0 aliphatic heterocycles. The smallest absolute Gasteiger partial charge is 0.259 e. The monoisotopic (exact) mass is 382 g/mol. The number of hydrogen-bond acceptors (Lipinski definition) is 2. The summed E-state index contributed by atoms with van der Waals surface area (Å²) >= 11 is 3.14. The average molecular weight is 383 g/mol. The van der Waals surface area contributed by atoms with Crippen LogP contribution in [0, 0.1) is 11.6 Å². The first-order valence-corrected chi connectivity index (χ1v) is 7.48. The zero-order valence-electron chi connectivity index (χ0n) is 11.9. The second-order valence-corrected chi connectivity index (χ2v) is 5.63. The van der Waals surface area contributed by atoms with Crippen LogP contribution in [-0.2, 0) is 4.79 Å². The number of primary amides is 1. The molecule has 2 aromatic rings. The molecule has 0 aliphatic carbocycles. The molecule has 0 bridgehead atoms. The van der Waals surface area contributed by atoms with Gasteiger partial charge in [-0.1, -0.05) is 0 Å². The molecule has 0 saturated carbocycles. The molecule has 0 radical (unpaired) electrons. The van der Waals surface area contributed by atoms with Crippen molar-refractivity contribution in [1.82, 2.24) is 0 Å². The molecule has 2 amide bonds. The second-order valence-electron chi connectivity index (χ2n) is 4.77. The highest BCUT2D eigenvalue weighted by Gasteiger charge is 2.21. The van der Waals surface area contributed by atoms with E-state index in [-0.39, 0.29) is 23.0 Å². The standard InChI is InChI=1S/C16H13BrF2N2O2/c17-14-9-11(19)3-6-13(14)16(23)21(8-7-15(20)22)12-4-1-10(18)2-5-12/h1-6,9H,7-8H2,(H2,20,22). The van der Waals surface area contributed by atoms with E-state index in [0.717, 1.165) is 6.07 Å². The maximum absolute atomic E-state index is 13.2. The van der Waals surface area contributed by atoms with Crippen molar-refractivity contribution in [2.45, 2.75) is 6.42 Å². The molecule has 4 nitrogen and oxygen atoms in total. The van der Waals surface area contributed by atoms with E-state index in [0.29, 0.717) is 5.69 Å². The predicted molar refractivity (Wildman–Crippen MR) is 86.0 cm³/mol. The van der Waals surface area contributed by atoms with Crippen LogP contribution < -0.4 is 10.6 Å². The predicted octanol–water partition coefficient (Wildman–Crippen LogP) is 3.25. The van der Waals surface area contributed by atoms with Crippen molar-refractivity contribution >= 4 is 33.4 Å². The third kappa shape index (κ3) is 4.35. The minimum Gasteiger partial charge on any atom is -0.370 e. The van der Waals surface area contributed by atoms with Gasteiger partial charge in [-0.3, -0.25) is 9.59 Å². The van der Waals surface area contributed by atoms with E-state index >= 15 is 0 Å². The normalized spacial score (nSPS) is 10.4. The number of amides is 2. The Kier molecular flexibility index (Phi) is 5.44. The quantitative estimate of drug-likeness (QED) is 0.862. The molecule has 0 aliphatic rings. The van der Waals surface area contributed by atoms with Gasteiger partial charge in [0.15, 0.2) is 0 Å². The maximum atomic E-state index is 13.2. The van der Waals surface area contributed by atoms with Crippen molar-refractivity contribution in [1.29, 1.82) is 0 Å². The number of nitrogens with zero attached hydrogens (tertiary/aromatic N) is 1. The summed E-state index contributed by atoms with van der Waals surface area (Å²) in [4.78, 5) is 25.0. The highest BCUT2D eigenvalue weighted by molar-refractivity contribution is 9.10. The Morgan fingerprint density at radius 3 is 2.22 bits per heavy atom. The molecule has 2 aromatic carbocycles. The van der Waals surface area contributed by atoms with E-state index in [1.165, 1.54) is 41.3 Å². The average Bonchev–Trinajstić information content (AvgIpc) is 2.48. The molecule has 23 heavy (non-hydrogen) atoms. The molecule has 2 N–H and O–H groups in total. The Bertz CT molecular complexity index is 735. The summed E-state index contributed by atoms with van der Waals surface area (Å²) in [6.07, 6.45) is -0.0536. The van der Waals surface area contributed by atoms with Crippen LogP contribution in [0.25, 0.3) is 0 Å². The number of hydrogen-bond donors (Lipinski definition) is 1. The van der Waals surface area contributed by atoms with Gasteiger partial charge in [-0.05, 0) is 58.4 Å². The number of halogens is 3. The summed E-state index contributed by atoms with van der Waals surface area (Å²) < 4.78 is 26.5. The van der Waals surface area contributed by atoms with Crippen molar-refractivity contribution in [3.05, 3.63) is 64.1 Å². The molecular formula is C16H13BrF2N2O2. The van der Waals surface area contributed by atoms with Gasteiger partial charge in [-0.15, -0.1) is 0 Å². The zero-order valence-corrected chi connectivity index (χ0v) is 13.5. The molecule has 0 unspecified atom stereocenters. The lowest BCUT2D eigenvalue weighted by Gasteiger charge is -2.23. The minimum atomic E-state index is -0.567. The van der Waals surface area contributed by atoms with E-state index in [1.807, 2.05) is 0 Å². The molecule has 0 atom stereocenters. The van der Waals surface area contributed by atoms with Gasteiger partial charge in [0.2, 0.25) is 5.91 Å². The molecule has 2 rings (SSSR count). The molecule has 120 valence electrons. The fourth-order valence-corrected chi connectivity index (χ4v) is 2.52. The van der Waals surface area contributed by atoms with Crippen molar-refractivity contribution in [2.24, 2.45) is 5.73 Å². The molecule has 0 heterocycles. The third-order valence-electron chi connectivity index (χ3n) is 3.13. The Morgan fingerprint density at radius 2 is 1.65 bits per heavy atom. The van der Waals surface area contributed by atoms with Crippen LogP contribution in [-0.4, -0.2) is 18.4 Å². The number of carbonyl (C=O) groups excluding carboxylic acids is 2. The fraction of sp³-hybridized carbons (Fsp3) is 0.125. The van der Waals surface area contributed by atoms with Crippen LogP contribution in [0.3, 0.4) is 0 Å². The third-order valence-corrected chi connectivity index (χ3v) is 3.78. The SMILES string of the molecule is NC(=O)CCN(C(=O)c1ccc(F)cc1Br)c1ccc(F)cc1. The second kappa shape index (κ2) is 7.32. The molecule has 7 heteroatoms. The largest absolute Gasteiger partial charge is 0.370 e. The van der Waals surface area contributed by atoms with Crippen LogP contribution in [0.1, 0.15) is 16.8 Å².